The van der Waals surface area contributed by atoms with Gasteiger partial charge in [-0.25, -0.2) is 4.98 Å². The minimum atomic E-state index is 0.0309. The quantitative estimate of drug-likeness (QED) is 0.805. The molecule has 5 nitrogen and oxygen atoms in total. The number of methoxy groups -OCH3 is 1. The zero-order valence-electron chi connectivity index (χ0n) is 14.2. The standard InChI is InChI=1S/C17H25N3O2S/c1-12(17-19-14-7-5-6-8-15(14)23-17)9-18-16(21)10-20(3)13(2)11-22-4/h5-8,12-13H,9-11H2,1-4H3,(H,18,21)/t12-,13-/m0/s1. The van der Waals surface area contributed by atoms with Crippen LogP contribution in [-0.2, 0) is 9.53 Å². The Labute approximate surface area is 141 Å². The molecule has 0 aliphatic heterocycles. The van der Waals surface area contributed by atoms with Crippen LogP contribution in [0.25, 0.3) is 10.2 Å². The van der Waals surface area contributed by atoms with E-state index >= 15 is 0 Å². The van der Waals surface area contributed by atoms with Gasteiger partial charge in [-0.1, -0.05) is 19.1 Å². The van der Waals surface area contributed by atoms with Crippen LogP contribution in [0, 0.1) is 0 Å². The maximum Gasteiger partial charge on any atom is 0.234 e. The molecule has 23 heavy (non-hydrogen) atoms. The molecule has 1 aromatic carbocycles. The first-order valence-electron chi connectivity index (χ1n) is 7.82. The van der Waals surface area contributed by atoms with Gasteiger partial charge >= 0.3 is 0 Å². The van der Waals surface area contributed by atoms with Crippen molar-refractivity contribution < 1.29 is 9.53 Å². The number of fused-ring (bicyclic) bond motifs is 1. The number of rotatable bonds is 8. The summed E-state index contributed by atoms with van der Waals surface area (Å²) in [6.45, 7) is 5.73. The van der Waals surface area contributed by atoms with Gasteiger partial charge in [-0.15, -0.1) is 11.3 Å². The third-order valence-corrected chi connectivity index (χ3v) is 5.16. The topological polar surface area (TPSA) is 54.5 Å². The van der Waals surface area contributed by atoms with E-state index in [0.29, 0.717) is 19.7 Å². The molecule has 0 saturated heterocycles. The molecule has 0 aliphatic rings. The molecular formula is C17H25N3O2S. The fraction of sp³-hybridized carbons (Fsp3) is 0.529. The molecule has 126 valence electrons. The average Bonchev–Trinajstić information content (AvgIpc) is 2.96. The van der Waals surface area contributed by atoms with Gasteiger partial charge in [-0.2, -0.15) is 0 Å². The van der Waals surface area contributed by atoms with Crippen LogP contribution < -0.4 is 5.32 Å². The smallest absolute Gasteiger partial charge is 0.234 e. The summed E-state index contributed by atoms with van der Waals surface area (Å²) in [6.07, 6.45) is 0. The van der Waals surface area contributed by atoms with E-state index < -0.39 is 0 Å². The number of nitrogens with one attached hydrogen (secondary N) is 1. The largest absolute Gasteiger partial charge is 0.383 e. The summed E-state index contributed by atoms with van der Waals surface area (Å²) in [5, 5.41) is 4.06. The highest BCUT2D eigenvalue weighted by molar-refractivity contribution is 7.18. The first kappa shape index (κ1) is 17.8. The number of aromatic nitrogens is 1. The summed E-state index contributed by atoms with van der Waals surface area (Å²) in [7, 11) is 3.60. The number of ether oxygens (including phenoxy) is 1. The lowest BCUT2D eigenvalue weighted by molar-refractivity contribution is -0.122. The van der Waals surface area contributed by atoms with Crippen molar-refractivity contribution in [3.63, 3.8) is 0 Å². The molecule has 1 amide bonds. The van der Waals surface area contributed by atoms with E-state index in [9.17, 15) is 4.79 Å². The molecule has 1 aromatic heterocycles. The molecule has 0 unspecified atom stereocenters. The van der Waals surface area contributed by atoms with Gasteiger partial charge in [-0.3, -0.25) is 9.69 Å². The van der Waals surface area contributed by atoms with Gasteiger partial charge in [-0.05, 0) is 26.1 Å². The van der Waals surface area contributed by atoms with Gasteiger partial charge in [0.2, 0.25) is 5.91 Å². The molecule has 1 N–H and O–H groups in total. The number of likely N-dealkylation sites (N-methyl/N-ethyl adjacent to an activating group) is 1. The van der Waals surface area contributed by atoms with Crippen molar-refractivity contribution in [3.8, 4) is 0 Å². The Hall–Kier alpha value is -1.50. The molecule has 0 aliphatic carbocycles. The first-order chi connectivity index (χ1) is 11.0. The number of amides is 1. The first-order valence-corrected chi connectivity index (χ1v) is 8.64. The number of hydrogen-bond donors (Lipinski definition) is 1. The summed E-state index contributed by atoms with van der Waals surface area (Å²) in [6, 6.07) is 8.33. The molecule has 2 aromatic rings. The van der Waals surface area contributed by atoms with E-state index in [1.807, 2.05) is 37.1 Å². The number of benzene rings is 1. The minimum absolute atomic E-state index is 0.0309. The van der Waals surface area contributed by atoms with Gasteiger partial charge in [0.05, 0.1) is 28.4 Å². The second-order valence-corrected chi connectivity index (χ2v) is 7.01. The maximum atomic E-state index is 12.1. The fourth-order valence-electron chi connectivity index (χ4n) is 2.26. The number of carbonyl (C=O) groups excluding carboxylic acids is 1. The van der Waals surface area contributed by atoms with Gasteiger partial charge in [0.15, 0.2) is 0 Å². The second-order valence-electron chi connectivity index (χ2n) is 5.94. The van der Waals surface area contributed by atoms with Crippen molar-refractivity contribution in [3.05, 3.63) is 29.3 Å². The number of thiazole rings is 1. The third-order valence-electron chi connectivity index (χ3n) is 3.89. The molecule has 0 spiro atoms. The Morgan fingerprint density at radius 3 is 2.83 bits per heavy atom. The van der Waals surface area contributed by atoms with Crippen molar-refractivity contribution in [2.24, 2.45) is 0 Å². The monoisotopic (exact) mass is 335 g/mol. The Kier molecular flexibility index (Phi) is 6.50. The molecule has 1 heterocycles. The Morgan fingerprint density at radius 2 is 2.13 bits per heavy atom. The summed E-state index contributed by atoms with van der Waals surface area (Å²) >= 11 is 1.69. The Balaban J connectivity index is 1.83. The van der Waals surface area contributed by atoms with E-state index in [0.717, 1.165) is 10.5 Å². The van der Waals surface area contributed by atoms with Crippen LogP contribution in [0.1, 0.15) is 24.8 Å². The summed E-state index contributed by atoms with van der Waals surface area (Å²) in [4.78, 5) is 18.7. The van der Waals surface area contributed by atoms with Gasteiger partial charge in [0.25, 0.3) is 0 Å². The van der Waals surface area contributed by atoms with Crippen LogP contribution in [-0.4, -0.2) is 55.7 Å². The zero-order valence-corrected chi connectivity index (χ0v) is 15.0. The van der Waals surface area contributed by atoms with Crippen LogP contribution in [0.3, 0.4) is 0 Å². The SMILES string of the molecule is COC[C@H](C)N(C)CC(=O)NC[C@H](C)c1nc2ccccc2s1. The van der Waals surface area contributed by atoms with Crippen molar-refractivity contribution in [2.75, 3.05) is 33.9 Å². The van der Waals surface area contributed by atoms with Crippen LogP contribution in [0.5, 0.6) is 0 Å². The summed E-state index contributed by atoms with van der Waals surface area (Å²) in [5.74, 6) is 0.237. The van der Waals surface area contributed by atoms with Crippen LogP contribution >= 0.6 is 11.3 Å². The molecule has 2 atom stereocenters. The second kappa shape index (κ2) is 8.38. The molecule has 0 bridgehead atoms. The summed E-state index contributed by atoms with van der Waals surface area (Å²) < 4.78 is 6.30. The third kappa shape index (κ3) is 4.99. The van der Waals surface area contributed by atoms with Gasteiger partial charge in [0, 0.05) is 25.6 Å². The molecule has 0 saturated carbocycles. The highest BCUT2D eigenvalue weighted by atomic mass is 32.1. The van der Waals surface area contributed by atoms with Crippen molar-refractivity contribution in [2.45, 2.75) is 25.8 Å². The number of carbonyl (C=O) groups is 1. The average molecular weight is 335 g/mol. The van der Waals surface area contributed by atoms with Gasteiger partial charge in [0.1, 0.15) is 0 Å². The van der Waals surface area contributed by atoms with E-state index in [2.05, 4.69) is 23.3 Å². The molecule has 0 fully saturated rings. The van der Waals surface area contributed by atoms with Crippen molar-refractivity contribution in [1.29, 1.82) is 0 Å². The van der Waals surface area contributed by atoms with E-state index in [4.69, 9.17) is 4.74 Å². The lowest BCUT2D eigenvalue weighted by atomic mass is 10.2. The zero-order chi connectivity index (χ0) is 16.8. The molecule has 2 rings (SSSR count). The Bertz CT molecular complexity index is 611. The van der Waals surface area contributed by atoms with E-state index in [1.54, 1.807) is 18.4 Å². The number of para-hydroxylation sites is 1. The van der Waals surface area contributed by atoms with Crippen molar-refractivity contribution in [1.82, 2.24) is 15.2 Å². The summed E-state index contributed by atoms with van der Waals surface area (Å²) in [5.41, 5.74) is 1.03. The van der Waals surface area contributed by atoms with E-state index in [1.165, 1.54) is 4.70 Å². The van der Waals surface area contributed by atoms with Crippen LogP contribution in [0.15, 0.2) is 24.3 Å². The lowest BCUT2D eigenvalue weighted by Gasteiger charge is -2.23. The van der Waals surface area contributed by atoms with Crippen molar-refractivity contribution >= 4 is 27.5 Å². The number of hydrogen-bond acceptors (Lipinski definition) is 5. The highest BCUT2D eigenvalue weighted by Gasteiger charge is 2.15. The van der Waals surface area contributed by atoms with E-state index in [-0.39, 0.29) is 17.9 Å². The minimum Gasteiger partial charge on any atom is -0.383 e. The lowest BCUT2D eigenvalue weighted by Crippen LogP contribution is -2.41. The molecule has 6 heteroatoms. The highest BCUT2D eigenvalue weighted by Crippen LogP contribution is 2.26. The maximum absolute atomic E-state index is 12.1. The molecule has 0 radical (unpaired) electrons. The normalized spacial score (nSPS) is 14.1. The van der Waals surface area contributed by atoms with Crippen LogP contribution in [0.4, 0.5) is 0 Å². The van der Waals surface area contributed by atoms with Gasteiger partial charge < -0.3 is 10.1 Å². The number of nitrogens with zero attached hydrogens (tertiary/aromatic N) is 2. The predicted molar refractivity (Wildman–Crippen MR) is 95.0 cm³/mol. The predicted octanol–water partition coefficient (Wildman–Crippen LogP) is 2.48. The molecular weight excluding hydrogens is 310 g/mol. The Morgan fingerprint density at radius 1 is 1.39 bits per heavy atom. The fourth-order valence-corrected chi connectivity index (χ4v) is 3.28. The van der Waals surface area contributed by atoms with Crippen LogP contribution in [0.2, 0.25) is 0 Å².